The minimum atomic E-state index is -3.73. The molecular formula is C20H22N2O3S. The first-order valence-electron chi connectivity index (χ1n) is 8.46. The van der Waals surface area contributed by atoms with Gasteiger partial charge in [-0.05, 0) is 43.0 Å². The number of oxazole rings is 1. The van der Waals surface area contributed by atoms with Crippen LogP contribution >= 0.6 is 0 Å². The maximum atomic E-state index is 13.1. The lowest BCUT2D eigenvalue weighted by atomic mass is 10.1. The maximum absolute atomic E-state index is 13.1. The van der Waals surface area contributed by atoms with Gasteiger partial charge in [0.05, 0.1) is 16.8 Å². The summed E-state index contributed by atoms with van der Waals surface area (Å²) < 4.78 is 34.4. The van der Waals surface area contributed by atoms with E-state index < -0.39 is 10.0 Å². The summed E-state index contributed by atoms with van der Waals surface area (Å²) in [6, 6.07) is 11.0. The molecule has 3 rings (SSSR count). The monoisotopic (exact) mass is 370 g/mol. The maximum Gasteiger partial charge on any atom is 0.262 e. The third-order valence-electron chi connectivity index (χ3n) is 4.36. The quantitative estimate of drug-likeness (QED) is 0.711. The molecule has 136 valence electrons. The Morgan fingerprint density at radius 2 is 1.85 bits per heavy atom. The van der Waals surface area contributed by atoms with Crippen LogP contribution in [-0.2, 0) is 16.4 Å². The molecule has 1 aromatic heterocycles. The number of hydrogen-bond acceptors (Lipinski definition) is 4. The van der Waals surface area contributed by atoms with E-state index in [4.69, 9.17) is 4.42 Å². The van der Waals surface area contributed by atoms with Crippen LogP contribution in [0.1, 0.15) is 29.5 Å². The molecule has 0 spiro atoms. The van der Waals surface area contributed by atoms with Crippen molar-refractivity contribution in [1.29, 1.82) is 0 Å². The van der Waals surface area contributed by atoms with Crippen LogP contribution in [-0.4, -0.2) is 13.4 Å². The Morgan fingerprint density at radius 1 is 1.08 bits per heavy atom. The average molecular weight is 370 g/mol. The first-order valence-corrected chi connectivity index (χ1v) is 9.95. The lowest BCUT2D eigenvalue weighted by Crippen LogP contribution is -2.16. The van der Waals surface area contributed by atoms with Gasteiger partial charge >= 0.3 is 0 Å². The number of nitrogens with zero attached hydrogens (tertiary/aromatic N) is 1. The van der Waals surface area contributed by atoms with E-state index in [1.54, 1.807) is 32.2 Å². The molecule has 0 fully saturated rings. The molecule has 0 radical (unpaired) electrons. The largest absolute Gasteiger partial charge is 0.441 e. The molecular weight excluding hydrogens is 348 g/mol. The Balaban J connectivity index is 2.05. The summed E-state index contributed by atoms with van der Waals surface area (Å²) in [5.74, 6) is 1.08. The number of hydrogen-bond donors (Lipinski definition) is 1. The molecule has 0 aliphatic rings. The molecule has 2 aromatic carbocycles. The van der Waals surface area contributed by atoms with Gasteiger partial charge in [-0.25, -0.2) is 13.4 Å². The highest BCUT2D eigenvalue weighted by atomic mass is 32.2. The second-order valence-corrected chi connectivity index (χ2v) is 7.94. The second-order valence-electron chi connectivity index (χ2n) is 6.29. The molecule has 5 nitrogen and oxygen atoms in total. The average Bonchev–Trinajstić information content (AvgIpc) is 3.03. The van der Waals surface area contributed by atoms with Gasteiger partial charge in [-0.1, -0.05) is 37.3 Å². The summed E-state index contributed by atoms with van der Waals surface area (Å²) in [6.07, 6.45) is 2.34. The second kappa shape index (κ2) is 6.96. The van der Waals surface area contributed by atoms with Crippen molar-refractivity contribution in [3.05, 3.63) is 65.2 Å². The van der Waals surface area contributed by atoms with E-state index >= 15 is 0 Å². The Kier molecular flexibility index (Phi) is 4.87. The number of aryl methyl sites for hydroxylation is 4. The Labute approximate surface area is 154 Å². The molecule has 0 saturated heterocycles. The predicted molar refractivity (Wildman–Crippen MR) is 103 cm³/mol. The molecule has 0 saturated carbocycles. The van der Waals surface area contributed by atoms with Crippen molar-refractivity contribution in [3.63, 3.8) is 0 Å². The molecule has 3 aromatic rings. The zero-order chi connectivity index (χ0) is 18.9. The van der Waals surface area contributed by atoms with Crippen molar-refractivity contribution in [2.24, 2.45) is 0 Å². The lowest BCUT2D eigenvalue weighted by Gasteiger charge is -2.16. The van der Waals surface area contributed by atoms with Gasteiger partial charge in [0.2, 0.25) is 0 Å². The highest BCUT2D eigenvalue weighted by Gasteiger charge is 2.20. The number of aromatic nitrogens is 1. The highest BCUT2D eigenvalue weighted by molar-refractivity contribution is 7.92. The van der Waals surface area contributed by atoms with Gasteiger partial charge in [0, 0.05) is 12.5 Å². The fourth-order valence-electron chi connectivity index (χ4n) is 2.90. The molecule has 0 amide bonds. The van der Waals surface area contributed by atoms with Crippen LogP contribution < -0.4 is 4.72 Å². The van der Waals surface area contributed by atoms with Crippen molar-refractivity contribution in [1.82, 2.24) is 4.98 Å². The number of benzene rings is 2. The van der Waals surface area contributed by atoms with Gasteiger partial charge in [-0.2, -0.15) is 0 Å². The number of anilines is 1. The van der Waals surface area contributed by atoms with E-state index in [0.717, 1.165) is 17.5 Å². The number of sulfonamides is 1. The Morgan fingerprint density at radius 3 is 2.50 bits per heavy atom. The lowest BCUT2D eigenvalue weighted by molar-refractivity contribution is 0.534. The fourth-order valence-corrected chi connectivity index (χ4v) is 4.34. The van der Waals surface area contributed by atoms with Crippen LogP contribution in [0.15, 0.2) is 51.9 Å². The third-order valence-corrected chi connectivity index (χ3v) is 5.85. The fraction of sp³-hybridized carbons (Fsp3) is 0.250. The molecule has 1 N–H and O–H groups in total. The molecule has 1 heterocycles. The van der Waals surface area contributed by atoms with Crippen molar-refractivity contribution >= 4 is 15.7 Å². The minimum Gasteiger partial charge on any atom is -0.441 e. The SMILES string of the molecule is CCc1cccc(C)c1NS(=O)(=O)c1cc(-c2cnc(C)o2)ccc1C. The zero-order valence-corrected chi connectivity index (χ0v) is 16.1. The molecule has 0 bridgehead atoms. The van der Waals surface area contributed by atoms with Crippen molar-refractivity contribution in [3.8, 4) is 11.3 Å². The molecule has 0 atom stereocenters. The predicted octanol–water partition coefficient (Wildman–Crippen LogP) is 4.63. The third kappa shape index (κ3) is 3.51. The first-order chi connectivity index (χ1) is 12.3. The standard InChI is InChI=1S/C20H22N2O3S/c1-5-16-8-6-7-14(3)20(16)22-26(23,24)19-11-17(10-9-13(19)2)18-12-21-15(4)25-18/h6-12,22H,5H2,1-4H3. The summed E-state index contributed by atoms with van der Waals surface area (Å²) in [6.45, 7) is 7.44. The van der Waals surface area contributed by atoms with Gasteiger partial charge in [0.1, 0.15) is 0 Å². The van der Waals surface area contributed by atoms with Gasteiger partial charge in [0.25, 0.3) is 10.0 Å². The van der Waals surface area contributed by atoms with Crippen molar-refractivity contribution in [2.45, 2.75) is 39.0 Å². The van der Waals surface area contributed by atoms with E-state index in [1.807, 2.05) is 38.1 Å². The molecule has 0 aliphatic carbocycles. The van der Waals surface area contributed by atoms with E-state index in [-0.39, 0.29) is 4.90 Å². The van der Waals surface area contributed by atoms with E-state index in [1.165, 1.54) is 0 Å². The zero-order valence-electron chi connectivity index (χ0n) is 15.3. The Bertz CT molecular complexity index is 1050. The van der Waals surface area contributed by atoms with E-state index in [0.29, 0.717) is 28.5 Å². The summed E-state index contributed by atoms with van der Waals surface area (Å²) in [7, 11) is -3.73. The summed E-state index contributed by atoms with van der Waals surface area (Å²) >= 11 is 0. The van der Waals surface area contributed by atoms with E-state index in [9.17, 15) is 8.42 Å². The number of nitrogens with one attached hydrogen (secondary N) is 1. The molecule has 26 heavy (non-hydrogen) atoms. The Hall–Kier alpha value is -2.60. The van der Waals surface area contributed by atoms with Crippen LogP contribution in [0.4, 0.5) is 5.69 Å². The highest BCUT2D eigenvalue weighted by Crippen LogP contribution is 2.29. The smallest absolute Gasteiger partial charge is 0.262 e. The molecule has 6 heteroatoms. The van der Waals surface area contributed by atoms with Crippen molar-refractivity contribution in [2.75, 3.05) is 4.72 Å². The van der Waals surface area contributed by atoms with Crippen LogP contribution in [0.5, 0.6) is 0 Å². The summed E-state index contributed by atoms with van der Waals surface area (Å²) in [4.78, 5) is 4.31. The summed E-state index contributed by atoms with van der Waals surface area (Å²) in [5.41, 5.74) is 3.86. The van der Waals surface area contributed by atoms with Gasteiger partial charge < -0.3 is 4.42 Å². The molecule has 0 unspecified atom stereocenters. The van der Waals surface area contributed by atoms with Gasteiger partial charge in [-0.15, -0.1) is 0 Å². The number of para-hydroxylation sites is 1. The van der Waals surface area contributed by atoms with E-state index in [2.05, 4.69) is 9.71 Å². The van der Waals surface area contributed by atoms with Crippen LogP contribution in [0, 0.1) is 20.8 Å². The van der Waals surface area contributed by atoms with Crippen molar-refractivity contribution < 1.29 is 12.8 Å². The van der Waals surface area contributed by atoms with Crippen LogP contribution in [0.3, 0.4) is 0 Å². The first kappa shape index (κ1) is 18.2. The normalized spacial score (nSPS) is 11.5. The van der Waals surface area contributed by atoms with Crippen LogP contribution in [0.25, 0.3) is 11.3 Å². The summed E-state index contributed by atoms with van der Waals surface area (Å²) in [5, 5.41) is 0. The van der Waals surface area contributed by atoms with Gasteiger partial charge in [-0.3, -0.25) is 4.72 Å². The van der Waals surface area contributed by atoms with Gasteiger partial charge in [0.15, 0.2) is 11.7 Å². The minimum absolute atomic E-state index is 0.231. The van der Waals surface area contributed by atoms with Crippen LogP contribution in [0.2, 0.25) is 0 Å². The topological polar surface area (TPSA) is 72.2 Å². The number of rotatable bonds is 5. The molecule has 0 aliphatic heterocycles.